The molecule has 50 heavy (non-hydrogen) atoms. The molecule has 4 aromatic carbocycles. The topological polar surface area (TPSA) is 106 Å². The molecule has 0 atom stereocenters. The number of benzene rings is 4. The second-order valence-electron chi connectivity index (χ2n) is 17.3. The highest BCUT2D eigenvalue weighted by molar-refractivity contribution is 5.70. The standard InChI is InChI=1S/C44H49N3O3/c45-34-7-1-4-10-37(34)48-40-32(43-20-26-13-27(21-43)15-28(14-26)22-43)19-33(44-23-29-16-30(24-44)18-31(17-29)25-44)41(49-38-11-5-2-8-35(38)46)42(40)50-39-12-6-3-9-36(39)47/h1-12,19,26-31H,13-18,20-25,45-47H2. The molecule has 0 spiro atoms. The lowest BCUT2D eigenvalue weighted by Crippen LogP contribution is -2.50. The van der Waals surface area contributed by atoms with Crippen molar-refractivity contribution in [1.82, 2.24) is 0 Å². The van der Waals surface area contributed by atoms with Crippen LogP contribution >= 0.6 is 0 Å². The van der Waals surface area contributed by atoms with Crippen LogP contribution in [0, 0.1) is 35.5 Å². The van der Waals surface area contributed by atoms with E-state index in [4.69, 9.17) is 31.4 Å². The first-order chi connectivity index (χ1) is 24.3. The van der Waals surface area contributed by atoms with Gasteiger partial charge in [0.25, 0.3) is 0 Å². The lowest BCUT2D eigenvalue weighted by atomic mass is 9.46. The number of nitrogens with two attached hydrogens (primary N) is 3. The Kier molecular flexibility index (Phi) is 6.92. The summed E-state index contributed by atoms with van der Waals surface area (Å²) in [6.45, 7) is 0. The van der Waals surface area contributed by atoms with Gasteiger partial charge in [0.05, 0.1) is 17.1 Å². The predicted octanol–water partition coefficient (Wildman–Crippen LogP) is 10.7. The Balaban J connectivity index is 1.27. The van der Waals surface area contributed by atoms with Crippen molar-refractivity contribution in [1.29, 1.82) is 0 Å². The van der Waals surface area contributed by atoms with Gasteiger partial charge in [0.2, 0.25) is 5.75 Å². The van der Waals surface area contributed by atoms with Crippen molar-refractivity contribution in [3.05, 3.63) is 90.0 Å². The highest BCUT2D eigenvalue weighted by Crippen LogP contribution is 2.68. The van der Waals surface area contributed by atoms with E-state index in [0.717, 1.165) is 35.5 Å². The summed E-state index contributed by atoms with van der Waals surface area (Å²) in [5.74, 6) is 8.39. The first-order valence-corrected chi connectivity index (χ1v) is 19.1. The molecule has 8 aliphatic carbocycles. The third kappa shape index (κ3) is 4.96. The zero-order valence-corrected chi connectivity index (χ0v) is 28.9. The minimum absolute atomic E-state index is 0.00924. The van der Waals surface area contributed by atoms with Gasteiger partial charge in [0.1, 0.15) is 0 Å². The Bertz CT molecular complexity index is 1780. The molecule has 0 aliphatic heterocycles. The van der Waals surface area contributed by atoms with E-state index in [1.165, 1.54) is 88.2 Å². The fourth-order valence-corrected chi connectivity index (χ4v) is 12.6. The predicted molar refractivity (Wildman–Crippen MR) is 199 cm³/mol. The molecular formula is C44H49N3O3. The number of anilines is 3. The molecule has 0 aromatic heterocycles. The Labute approximate surface area is 295 Å². The quantitative estimate of drug-likeness (QED) is 0.162. The van der Waals surface area contributed by atoms with Gasteiger partial charge in [-0.2, -0.15) is 0 Å². The van der Waals surface area contributed by atoms with Crippen LogP contribution < -0.4 is 31.4 Å². The zero-order chi connectivity index (χ0) is 33.6. The Hall–Kier alpha value is -4.32. The van der Waals surface area contributed by atoms with Crippen LogP contribution in [0.4, 0.5) is 17.1 Å². The lowest BCUT2D eigenvalue weighted by Gasteiger charge is -2.59. The summed E-state index contributed by atoms with van der Waals surface area (Å²) in [4.78, 5) is 0. The second kappa shape index (κ2) is 11.3. The van der Waals surface area contributed by atoms with Gasteiger partial charge in [-0.25, -0.2) is 0 Å². The summed E-state index contributed by atoms with van der Waals surface area (Å²) in [7, 11) is 0. The van der Waals surface area contributed by atoms with Crippen LogP contribution in [-0.2, 0) is 10.8 Å². The van der Waals surface area contributed by atoms with Gasteiger partial charge in [-0.15, -0.1) is 0 Å². The minimum Gasteiger partial charge on any atom is -0.451 e. The van der Waals surface area contributed by atoms with E-state index in [9.17, 15) is 0 Å². The van der Waals surface area contributed by atoms with Crippen LogP contribution in [0.2, 0.25) is 0 Å². The highest BCUT2D eigenvalue weighted by Gasteiger charge is 2.56. The molecule has 0 radical (unpaired) electrons. The number of hydrogen-bond acceptors (Lipinski definition) is 6. The first-order valence-electron chi connectivity index (χ1n) is 19.1. The van der Waals surface area contributed by atoms with Crippen LogP contribution in [0.25, 0.3) is 0 Å². The molecule has 6 nitrogen and oxygen atoms in total. The molecule has 8 saturated carbocycles. The lowest BCUT2D eigenvalue weighted by molar-refractivity contribution is -0.00959. The molecule has 6 N–H and O–H groups in total. The largest absolute Gasteiger partial charge is 0.451 e. The number of nitrogen functional groups attached to an aromatic ring is 3. The molecule has 0 amide bonds. The van der Waals surface area contributed by atoms with Crippen molar-refractivity contribution in [2.75, 3.05) is 17.2 Å². The van der Waals surface area contributed by atoms with Crippen LogP contribution in [0.3, 0.4) is 0 Å². The molecule has 258 valence electrons. The summed E-state index contributed by atoms with van der Waals surface area (Å²) < 4.78 is 21.5. The maximum atomic E-state index is 7.15. The SMILES string of the molecule is Nc1ccccc1Oc1c(C23CC4CC(CC(C4)C2)C3)cc(C23CC4CC(CC(C4)C2)C3)c(Oc2ccccc2N)c1Oc1ccccc1N. The highest BCUT2D eigenvalue weighted by atomic mass is 16.5. The maximum Gasteiger partial charge on any atom is 0.213 e. The molecule has 0 saturated heterocycles. The van der Waals surface area contributed by atoms with Gasteiger partial charge >= 0.3 is 0 Å². The number of para-hydroxylation sites is 6. The molecule has 0 heterocycles. The Morgan fingerprint density at radius 3 is 0.980 bits per heavy atom. The van der Waals surface area contributed by atoms with Crippen molar-refractivity contribution < 1.29 is 14.2 Å². The Morgan fingerprint density at radius 1 is 0.400 bits per heavy atom. The van der Waals surface area contributed by atoms with E-state index in [-0.39, 0.29) is 10.8 Å². The maximum absolute atomic E-state index is 7.15. The Morgan fingerprint density at radius 2 is 0.680 bits per heavy atom. The molecule has 8 aliphatic rings. The number of ether oxygens (including phenoxy) is 3. The second-order valence-corrected chi connectivity index (χ2v) is 17.3. The molecule has 8 fully saturated rings. The van der Waals surface area contributed by atoms with Crippen molar-refractivity contribution in [2.24, 2.45) is 35.5 Å². The van der Waals surface area contributed by atoms with Gasteiger partial charge in [-0.3, -0.25) is 0 Å². The normalized spacial score (nSPS) is 33.0. The smallest absolute Gasteiger partial charge is 0.213 e. The van der Waals surface area contributed by atoms with E-state index >= 15 is 0 Å². The minimum atomic E-state index is 0.00924. The summed E-state index contributed by atoms with van der Waals surface area (Å²) >= 11 is 0. The van der Waals surface area contributed by atoms with E-state index in [1.54, 1.807) is 0 Å². The van der Waals surface area contributed by atoms with Crippen molar-refractivity contribution in [3.63, 3.8) is 0 Å². The zero-order valence-electron chi connectivity index (χ0n) is 28.9. The molecule has 12 rings (SSSR count). The fourth-order valence-electron chi connectivity index (χ4n) is 12.6. The average molecular weight is 668 g/mol. The molecular weight excluding hydrogens is 619 g/mol. The molecule has 4 aromatic rings. The van der Waals surface area contributed by atoms with Crippen molar-refractivity contribution in [3.8, 4) is 34.5 Å². The molecule has 8 bridgehead atoms. The third-order valence-electron chi connectivity index (χ3n) is 13.8. The van der Waals surface area contributed by atoms with Gasteiger partial charge < -0.3 is 31.4 Å². The summed E-state index contributed by atoms with van der Waals surface area (Å²) in [6, 6.07) is 25.9. The van der Waals surface area contributed by atoms with Crippen molar-refractivity contribution >= 4 is 17.1 Å². The summed E-state index contributed by atoms with van der Waals surface area (Å²) in [5, 5.41) is 0. The van der Waals surface area contributed by atoms with Gasteiger partial charge in [-0.1, -0.05) is 36.4 Å². The summed E-state index contributed by atoms with van der Waals surface area (Å²) in [6.07, 6.45) is 15.3. The van der Waals surface area contributed by atoms with Crippen molar-refractivity contribution in [2.45, 2.75) is 87.9 Å². The monoisotopic (exact) mass is 667 g/mol. The molecule has 0 unspecified atom stereocenters. The van der Waals surface area contributed by atoms with Gasteiger partial charge in [-0.05, 0) is 166 Å². The molecule has 6 heteroatoms. The number of rotatable bonds is 8. The van der Waals surface area contributed by atoms with Crippen LogP contribution in [0.1, 0.15) is 88.2 Å². The van der Waals surface area contributed by atoms with Gasteiger partial charge in [0.15, 0.2) is 28.7 Å². The van der Waals surface area contributed by atoms with E-state index < -0.39 is 0 Å². The van der Waals surface area contributed by atoms with Crippen LogP contribution in [0.15, 0.2) is 78.9 Å². The average Bonchev–Trinajstić information content (AvgIpc) is 3.07. The number of hydrogen-bond donors (Lipinski definition) is 3. The third-order valence-corrected chi connectivity index (χ3v) is 13.8. The van der Waals surface area contributed by atoms with Crippen LogP contribution in [-0.4, -0.2) is 0 Å². The van der Waals surface area contributed by atoms with E-state index in [1.807, 2.05) is 72.8 Å². The first kappa shape index (κ1) is 30.5. The summed E-state index contributed by atoms with van der Waals surface area (Å²) in [5.41, 5.74) is 24.2. The van der Waals surface area contributed by atoms with Gasteiger partial charge in [0, 0.05) is 11.1 Å². The van der Waals surface area contributed by atoms with E-state index in [2.05, 4.69) is 6.07 Å². The van der Waals surface area contributed by atoms with E-state index in [0.29, 0.717) is 51.6 Å². The fraction of sp³-hybridized carbons (Fsp3) is 0.455. The van der Waals surface area contributed by atoms with Crippen LogP contribution in [0.5, 0.6) is 34.5 Å².